The summed E-state index contributed by atoms with van der Waals surface area (Å²) in [6, 6.07) is 4.27. The molecule has 2 heterocycles. The van der Waals surface area contributed by atoms with Crippen LogP contribution in [0.2, 0.25) is 0 Å². The fourth-order valence-electron chi connectivity index (χ4n) is 6.61. The van der Waals surface area contributed by atoms with Gasteiger partial charge in [-0.15, -0.1) is 0 Å². The highest BCUT2D eigenvalue weighted by Gasteiger charge is 2.72. The van der Waals surface area contributed by atoms with Crippen LogP contribution in [0.25, 0.3) is 0 Å². The van der Waals surface area contributed by atoms with E-state index in [1.54, 1.807) is 7.11 Å². The van der Waals surface area contributed by atoms with E-state index >= 15 is 0 Å². The Morgan fingerprint density at radius 1 is 1.27 bits per heavy atom. The minimum atomic E-state index is -0.825. The van der Waals surface area contributed by atoms with Crippen molar-refractivity contribution < 1.29 is 19.7 Å². The van der Waals surface area contributed by atoms with Gasteiger partial charge < -0.3 is 19.7 Å². The second kappa shape index (κ2) is 4.94. The van der Waals surface area contributed by atoms with Gasteiger partial charge in [-0.3, -0.25) is 4.90 Å². The number of ether oxygens (including phenoxy) is 2. The van der Waals surface area contributed by atoms with E-state index in [-0.39, 0.29) is 12.1 Å². The van der Waals surface area contributed by atoms with E-state index in [4.69, 9.17) is 9.47 Å². The maximum absolute atomic E-state index is 12.1. The van der Waals surface area contributed by atoms with Crippen molar-refractivity contribution in [3.05, 3.63) is 23.3 Å². The Bertz CT molecular complexity index is 778. The van der Waals surface area contributed by atoms with Gasteiger partial charge in [0.15, 0.2) is 11.5 Å². The molecule has 0 amide bonds. The number of benzene rings is 1. The van der Waals surface area contributed by atoms with E-state index in [9.17, 15) is 10.2 Å². The van der Waals surface area contributed by atoms with E-state index in [0.29, 0.717) is 12.8 Å². The van der Waals surface area contributed by atoms with Crippen molar-refractivity contribution in [2.75, 3.05) is 20.2 Å². The number of hydrogen-bond donors (Lipinski definition) is 2. The zero-order chi connectivity index (χ0) is 17.7. The Morgan fingerprint density at radius 2 is 2.12 bits per heavy atom. The van der Waals surface area contributed by atoms with Crippen LogP contribution in [0.15, 0.2) is 12.1 Å². The van der Waals surface area contributed by atoms with Crippen molar-refractivity contribution in [3.8, 4) is 11.5 Å². The van der Waals surface area contributed by atoms with Gasteiger partial charge in [0.05, 0.1) is 24.2 Å². The number of aliphatic hydroxyl groups is 2. The fourth-order valence-corrected chi connectivity index (χ4v) is 6.61. The van der Waals surface area contributed by atoms with Gasteiger partial charge in [-0.1, -0.05) is 6.07 Å². The third-order valence-corrected chi connectivity index (χ3v) is 7.94. The number of likely N-dealkylation sites (tertiary alicyclic amines) is 1. The first-order valence-corrected chi connectivity index (χ1v) is 10.1. The van der Waals surface area contributed by atoms with Crippen LogP contribution < -0.4 is 9.47 Å². The minimum Gasteiger partial charge on any atom is -0.493 e. The van der Waals surface area contributed by atoms with Crippen molar-refractivity contribution in [1.82, 2.24) is 4.90 Å². The summed E-state index contributed by atoms with van der Waals surface area (Å²) in [6.07, 6.45) is 4.72. The molecule has 1 spiro atoms. The van der Waals surface area contributed by atoms with Crippen molar-refractivity contribution in [2.45, 2.75) is 67.8 Å². The van der Waals surface area contributed by atoms with Crippen molar-refractivity contribution in [1.29, 1.82) is 0 Å². The fraction of sp³-hybridized carbons (Fsp3) is 0.714. The van der Waals surface area contributed by atoms with Crippen LogP contribution in [0.3, 0.4) is 0 Å². The molecule has 1 aromatic carbocycles. The van der Waals surface area contributed by atoms with E-state index in [1.165, 1.54) is 18.4 Å². The van der Waals surface area contributed by atoms with Crippen LogP contribution in [0.1, 0.15) is 43.2 Å². The lowest BCUT2D eigenvalue weighted by Gasteiger charge is -2.63. The van der Waals surface area contributed by atoms with Gasteiger partial charge in [0.2, 0.25) is 0 Å². The quantitative estimate of drug-likeness (QED) is 0.861. The maximum Gasteiger partial charge on any atom is 0.166 e. The highest BCUT2D eigenvalue weighted by molar-refractivity contribution is 5.62. The average Bonchev–Trinajstić information content (AvgIpc) is 3.37. The first kappa shape index (κ1) is 15.7. The largest absolute Gasteiger partial charge is 0.493 e. The molecule has 0 aromatic heterocycles. The second-order valence-corrected chi connectivity index (χ2v) is 9.08. The lowest BCUT2D eigenvalue weighted by atomic mass is 9.48. The van der Waals surface area contributed by atoms with Crippen LogP contribution in [-0.2, 0) is 11.8 Å². The minimum absolute atomic E-state index is 0.127. The molecule has 2 N–H and O–H groups in total. The molecule has 1 saturated heterocycles. The molecule has 6 rings (SSSR count). The zero-order valence-corrected chi connectivity index (χ0v) is 15.3. The lowest BCUT2D eigenvalue weighted by Crippen LogP contribution is -2.77. The van der Waals surface area contributed by atoms with Gasteiger partial charge >= 0.3 is 0 Å². The summed E-state index contributed by atoms with van der Waals surface area (Å²) in [5.74, 6) is 2.30. The van der Waals surface area contributed by atoms with Crippen molar-refractivity contribution >= 4 is 0 Å². The van der Waals surface area contributed by atoms with Gasteiger partial charge in [-0.25, -0.2) is 0 Å². The number of rotatable bonds is 3. The van der Waals surface area contributed by atoms with Crippen LogP contribution in [-0.4, -0.2) is 59.2 Å². The van der Waals surface area contributed by atoms with Gasteiger partial charge in [0.1, 0.15) is 6.10 Å². The molecule has 5 heteroatoms. The van der Waals surface area contributed by atoms with E-state index < -0.39 is 17.1 Å². The van der Waals surface area contributed by atoms with Crippen molar-refractivity contribution in [2.24, 2.45) is 5.92 Å². The maximum atomic E-state index is 12.1. The zero-order valence-electron chi connectivity index (χ0n) is 15.3. The van der Waals surface area contributed by atoms with Crippen molar-refractivity contribution in [3.63, 3.8) is 0 Å². The Kier molecular flexibility index (Phi) is 2.99. The molecular formula is C21H27NO4. The van der Waals surface area contributed by atoms with Crippen LogP contribution in [0.5, 0.6) is 11.5 Å². The summed E-state index contributed by atoms with van der Waals surface area (Å²) in [5, 5.41) is 22.9. The third kappa shape index (κ3) is 1.68. The number of nitrogens with zero attached hydrogens (tertiary/aromatic N) is 1. The predicted octanol–water partition coefficient (Wildman–Crippen LogP) is 1.62. The van der Waals surface area contributed by atoms with Crippen LogP contribution >= 0.6 is 0 Å². The molecule has 5 nitrogen and oxygen atoms in total. The summed E-state index contributed by atoms with van der Waals surface area (Å²) >= 11 is 0. The molecule has 2 bridgehead atoms. The molecule has 2 aliphatic heterocycles. The highest BCUT2D eigenvalue weighted by atomic mass is 16.5. The monoisotopic (exact) mass is 357 g/mol. The molecule has 3 fully saturated rings. The SMILES string of the molecule is COc1ccc2c3c1OC1[C@H](O)CCC4(O)C(C2)N(CC2CC2)CCC314. The Labute approximate surface area is 153 Å². The summed E-state index contributed by atoms with van der Waals surface area (Å²) in [6.45, 7) is 2.08. The van der Waals surface area contributed by atoms with Gasteiger partial charge in [0.25, 0.3) is 0 Å². The highest BCUT2D eigenvalue weighted by Crippen LogP contribution is 2.65. The Balaban J connectivity index is 1.56. The molecule has 4 unspecified atom stereocenters. The van der Waals surface area contributed by atoms with Gasteiger partial charge in [0, 0.05) is 18.2 Å². The van der Waals surface area contributed by atoms with E-state index in [0.717, 1.165) is 48.9 Å². The standard InChI is InChI=1S/C21H27NO4/c1-25-15-5-4-13-10-16-21(24)7-6-14(23)19-20(21,17(13)18(15)26-19)8-9-22(16)11-12-2-3-12/h4-5,12,14,16,19,23-24H,2-3,6-11H2,1H3/t14-,16?,19?,20?,21?/m1/s1. The summed E-state index contributed by atoms with van der Waals surface area (Å²) in [5.41, 5.74) is 1.08. The molecule has 5 atom stereocenters. The third-order valence-electron chi connectivity index (χ3n) is 7.94. The molecule has 5 aliphatic rings. The lowest BCUT2D eigenvalue weighted by molar-refractivity contribution is -0.208. The Morgan fingerprint density at radius 3 is 2.88 bits per heavy atom. The number of methoxy groups -OCH3 is 1. The first-order chi connectivity index (χ1) is 12.6. The average molecular weight is 357 g/mol. The van der Waals surface area contributed by atoms with Gasteiger partial charge in [-0.2, -0.15) is 0 Å². The molecule has 0 radical (unpaired) electrons. The number of hydrogen-bond acceptors (Lipinski definition) is 5. The Hall–Kier alpha value is -1.30. The normalized spacial score (nSPS) is 43.0. The van der Waals surface area contributed by atoms with Crippen LogP contribution in [0, 0.1) is 5.92 Å². The smallest absolute Gasteiger partial charge is 0.166 e. The molecule has 26 heavy (non-hydrogen) atoms. The van der Waals surface area contributed by atoms with E-state index in [1.807, 2.05) is 6.07 Å². The number of piperidine rings is 1. The second-order valence-electron chi connectivity index (χ2n) is 9.08. The molecule has 2 saturated carbocycles. The molecule has 1 aromatic rings. The van der Waals surface area contributed by atoms with Crippen LogP contribution in [0.4, 0.5) is 0 Å². The predicted molar refractivity (Wildman–Crippen MR) is 95.7 cm³/mol. The molecular weight excluding hydrogens is 330 g/mol. The topological polar surface area (TPSA) is 62.2 Å². The number of aliphatic hydroxyl groups excluding tert-OH is 1. The summed E-state index contributed by atoms with van der Waals surface area (Å²) in [7, 11) is 1.66. The van der Waals surface area contributed by atoms with E-state index in [2.05, 4.69) is 11.0 Å². The summed E-state index contributed by atoms with van der Waals surface area (Å²) < 4.78 is 11.9. The molecule has 3 aliphatic carbocycles. The van der Waals surface area contributed by atoms with Gasteiger partial charge in [-0.05, 0) is 62.6 Å². The molecule has 140 valence electrons. The summed E-state index contributed by atoms with van der Waals surface area (Å²) in [4.78, 5) is 2.54. The first-order valence-electron chi connectivity index (χ1n) is 10.1.